The zero-order chi connectivity index (χ0) is 14.1. The lowest BCUT2D eigenvalue weighted by molar-refractivity contribution is 0.199. The van der Waals surface area contributed by atoms with Crippen LogP contribution in [0.5, 0.6) is 0 Å². The van der Waals surface area contributed by atoms with E-state index in [1.165, 1.54) is 41.3 Å². The molecule has 0 spiro atoms. The van der Waals surface area contributed by atoms with Crippen LogP contribution in [0.3, 0.4) is 0 Å². The van der Waals surface area contributed by atoms with E-state index in [0.29, 0.717) is 5.92 Å². The number of rotatable bonds is 3. The van der Waals surface area contributed by atoms with Crippen molar-refractivity contribution in [2.75, 3.05) is 13.1 Å². The zero-order valence-electron chi connectivity index (χ0n) is 12.5. The van der Waals surface area contributed by atoms with E-state index in [4.69, 9.17) is 0 Å². The van der Waals surface area contributed by atoms with Crippen molar-refractivity contribution in [3.05, 3.63) is 33.5 Å². The molecule has 2 aromatic heterocycles. The van der Waals surface area contributed by atoms with Crippen molar-refractivity contribution in [3.63, 3.8) is 0 Å². The Morgan fingerprint density at radius 3 is 2.90 bits per heavy atom. The van der Waals surface area contributed by atoms with Crippen molar-refractivity contribution in [3.8, 4) is 0 Å². The molecule has 0 unspecified atom stereocenters. The van der Waals surface area contributed by atoms with E-state index in [-0.39, 0.29) is 0 Å². The van der Waals surface area contributed by atoms with E-state index in [1.54, 1.807) is 11.3 Å². The third kappa shape index (κ3) is 2.65. The lowest BCUT2D eigenvalue weighted by Crippen LogP contribution is -2.34. The largest absolute Gasteiger partial charge is 0.298 e. The fourth-order valence-corrected chi connectivity index (χ4v) is 3.87. The molecule has 0 amide bonds. The van der Waals surface area contributed by atoms with Gasteiger partial charge in [-0.1, -0.05) is 0 Å². The van der Waals surface area contributed by atoms with Crippen LogP contribution in [-0.2, 0) is 13.6 Å². The number of hydrogen-bond donors (Lipinski definition) is 0. The summed E-state index contributed by atoms with van der Waals surface area (Å²) in [6.07, 6.45) is 4.46. The van der Waals surface area contributed by atoms with Gasteiger partial charge < -0.3 is 0 Å². The molecule has 5 heteroatoms. The Balaban J connectivity index is 1.71. The summed E-state index contributed by atoms with van der Waals surface area (Å²) in [5.74, 6) is 0.612. The van der Waals surface area contributed by atoms with Crippen LogP contribution in [0.2, 0.25) is 0 Å². The number of nitrogens with zero attached hydrogens (tertiary/aromatic N) is 4. The third-order valence-electron chi connectivity index (χ3n) is 4.35. The highest BCUT2D eigenvalue weighted by molar-refractivity contribution is 7.09. The van der Waals surface area contributed by atoms with Crippen molar-refractivity contribution < 1.29 is 0 Å². The minimum atomic E-state index is 0.612. The van der Waals surface area contributed by atoms with E-state index in [1.807, 2.05) is 17.9 Å². The molecule has 0 aromatic carbocycles. The molecule has 1 aliphatic heterocycles. The molecule has 0 aliphatic carbocycles. The molecule has 0 bridgehead atoms. The normalized spacial score (nSPS) is 20.4. The summed E-state index contributed by atoms with van der Waals surface area (Å²) in [7, 11) is 2.03. The van der Waals surface area contributed by atoms with Crippen LogP contribution in [0.15, 0.2) is 11.6 Å². The monoisotopic (exact) mass is 290 g/mol. The first kappa shape index (κ1) is 13.8. The third-order valence-corrected chi connectivity index (χ3v) is 5.28. The number of likely N-dealkylation sites (tertiary alicyclic amines) is 1. The van der Waals surface area contributed by atoms with Gasteiger partial charge in [-0.05, 0) is 33.2 Å². The maximum absolute atomic E-state index is 4.52. The standard InChI is InChI=1S/C15H22N4S/c1-11-14(12(2)18(3)17-11)10-19-7-4-5-13(9-19)15-16-6-8-20-15/h6,8,13H,4-5,7,9-10H2,1-3H3/t13-/m1/s1. The van der Waals surface area contributed by atoms with Crippen LogP contribution in [-0.4, -0.2) is 32.8 Å². The van der Waals surface area contributed by atoms with Crippen LogP contribution in [0.25, 0.3) is 0 Å². The summed E-state index contributed by atoms with van der Waals surface area (Å²) in [6.45, 7) is 7.62. The molecule has 0 radical (unpaired) electrons. The number of hydrogen-bond acceptors (Lipinski definition) is 4. The highest BCUT2D eigenvalue weighted by Crippen LogP contribution is 2.29. The van der Waals surface area contributed by atoms with Gasteiger partial charge in [-0.3, -0.25) is 9.58 Å². The lowest BCUT2D eigenvalue weighted by atomic mass is 9.98. The molecule has 0 N–H and O–H groups in total. The first-order valence-corrected chi connectivity index (χ1v) is 8.14. The average molecular weight is 290 g/mol. The molecular formula is C15H22N4S. The van der Waals surface area contributed by atoms with Gasteiger partial charge in [0.05, 0.1) is 10.7 Å². The fraction of sp³-hybridized carbons (Fsp3) is 0.600. The van der Waals surface area contributed by atoms with E-state index >= 15 is 0 Å². The first-order valence-electron chi connectivity index (χ1n) is 7.26. The second-order valence-corrected chi connectivity index (χ2v) is 6.64. The smallest absolute Gasteiger partial charge is 0.0968 e. The fourth-order valence-electron chi connectivity index (χ4n) is 3.11. The van der Waals surface area contributed by atoms with Crippen molar-refractivity contribution in [1.29, 1.82) is 0 Å². The second-order valence-electron chi connectivity index (χ2n) is 5.72. The minimum absolute atomic E-state index is 0.612. The Morgan fingerprint density at radius 2 is 2.25 bits per heavy atom. The molecular weight excluding hydrogens is 268 g/mol. The van der Waals surface area contributed by atoms with Crippen molar-refractivity contribution in [1.82, 2.24) is 19.7 Å². The summed E-state index contributed by atoms with van der Waals surface area (Å²) >= 11 is 1.79. The molecule has 2 aromatic rings. The molecule has 3 rings (SSSR count). The van der Waals surface area contributed by atoms with Crippen LogP contribution in [0.1, 0.15) is 40.7 Å². The van der Waals surface area contributed by atoms with E-state index in [2.05, 4.69) is 34.2 Å². The molecule has 1 aliphatic rings. The van der Waals surface area contributed by atoms with Gasteiger partial charge in [0.1, 0.15) is 0 Å². The van der Waals surface area contributed by atoms with Crippen LogP contribution in [0.4, 0.5) is 0 Å². The number of thiazole rings is 1. The summed E-state index contributed by atoms with van der Waals surface area (Å²) < 4.78 is 1.99. The molecule has 20 heavy (non-hydrogen) atoms. The van der Waals surface area contributed by atoms with Gasteiger partial charge in [0, 0.05) is 48.9 Å². The van der Waals surface area contributed by atoms with Crippen LogP contribution >= 0.6 is 11.3 Å². The quantitative estimate of drug-likeness (QED) is 0.871. The summed E-state index contributed by atoms with van der Waals surface area (Å²) in [5, 5.41) is 7.91. The predicted octanol–water partition coefficient (Wildman–Crippen LogP) is 2.87. The van der Waals surface area contributed by atoms with Gasteiger partial charge in [0.2, 0.25) is 0 Å². The van der Waals surface area contributed by atoms with E-state index < -0.39 is 0 Å². The number of piperidine rings is 1. The topological polar surface area (TPSA) is 34.0 Å². The van der Waals surface area contributed by atoms with Gasteiger partial charge in [0.25, 0.3) is 0 Å². The van der Waals surface area contributed by atoms with Crippen LogP contribution < -0.4 is 0 Å². The average Bonchev–Trinajstić information content (AvgIpc) is 3.05. The Hall–Kier alpha value is -1.20. The molecule has 108 valence electrons. The summed E-state index contributed by atoms with van der Waals surface area (Å²) in [6, 6.07) is 0. The second kappa shape index (κ2) is 5.66. The highest BCUT2D eigenvalue weighted by atomic mass is 32.1. The number of aryl methyl sites for hydroxylation is 2. The number of aromatic nitrogens is 3. The van der Waals surface area contributed by atoms with E-state index in [9.17, 15) is 0 Å². The molecule has 1 saturated heterocycles. The Labute approximate surface area is 124 Å². The van der Waals surface area contributed by atoms with Crippen LogP contribution in [0, 0.1) is 13.8 Å². The molecule has 4 nitrogen and oxygen atoms in total. The first-order chi connectivity index (χ1) is 9.65. The van der Waals surface area contributed by atoms with Crippen molar-refractivity contribution >= 4 is 11.3 Å². The Morgan fingerprint density at radius 1 is 1.40 bits per heavy atom. The van der Waals surface area contributed by atoms with Crippen molar-refractivity contribution in [2.45, 2.75) is 39.2 Å². The maximum atomic E-state index is 4.52. The Kier molecular flexibility index (Phi) is 3.89. The van der Waals surface area contributed by atoms with Gasteiger partial charge in [0.15, 0.2) is 0 Å². The highest BCUT2D eigenvalue weighted by Gasteiger charge is 2.24. The lowest BCUT2D eigenvalue weighted by Gasteiger charge is -2.31. The SMILES string of the molecule is Cc1nn(C)c(C)c1CN1CCC[C@@H](c2nccs2)C1. The minimum Gasteiger partial charge on any atom is -0.298 e. The zero-order valence-corrected chi connectivity index (χ0v) is 13.3. The predicted molar refractivity (Wildman–Crippen MR) is 82.0 cm³/mol. The molecule has 1 atom stereocenters. The van der Waals surface area contributed by atoms with Crippen molar-refractivity contribution in [2.24, 2.45) is 7.05 Å². The van der Waals surface area contributed by atoms with Gasteiger partial charge in [-0.2, -0.15) is 5.10 Å². The maximum Gasteiger partial charge on any atom is 0.0968 e. The van der Waals surface area contributed by atoms with Gasteiger partial charge >= 0.3 is 0 Å². The van der Waals surface area contributed by atoms with E-state index in [0.717, 1.165) is 13.1 Å². The van der Waals surface area contributed by atoms with Gasteiger partial charge in [-0.15, -0.1) is 11.3 Å². The van der Waals surface area contributed by atoms with Gasteiger partial charge in [-0.25, -0.2) is 4.98 Å². The Bertz CT molecular complexity index is 573. The molecule has 3 heterocycles. The molecule has 0 saturated carbocycles. The summed E-state index contributed by atoms with van der Waals surface area (Å²) in [4.78, 5) is 7.06. The summed E-state index contributed by atoms with van der Waals surface area (Å²) in [5.41, 5.74) is 3.85. The molecule has 1 fully saturated rings.